The van der Waals surface area contributed by atoms with Gasteiger partial charge in [0.2, 0.25) is 0 Å². The van der Waals surface area contributed by atoms with Gasteiger partial charge in [0.05, 0.1) is 22.2 Å². The molecule has 0 bridgehead atoms. The number of nitrogens with zero attached hydrogens (tertiary/aromatic N) is 1. The molecule has 0 amide bonds. The highest BCUT2D eigenvalue weighted by Gasteiger charge is 2.30. The van der Waals surface area contributed by atoms with Crippen LogP contribution in [0, 0.1) is 5.82 Å². The maximum atomic E-state index is 13.4. The third-order valence-electron chi connectivity index (χ3n) is 3.39. The Balaban J connectivity index is 1.64. The minimum atomic E-state index is -0.361. The Bertz CT molecular complexity index is 664. The number of ketones is 1. The number of ether oxygens (including phenoxy) is 1. The summed E-state index contributed by atoms with van der Waals surface area (Å²) in [4.78, 5) is 17.0. The summed E-state index contributed by atoms with van der Waals surface area (Å²) in [5.74, 6) is 0.431. The molecule has 1 aromatic carbocycles. The quantitative estimate of drug-likeness (QED) is 0.758. The highest BCUT2D eigenvalue weighted by Crippen LogP contribution is 2.42. The van der Waals surface area contributed by atoms with E-state index in [0.29, 0.717) is 18.9 Å². The van der Waals surface area contributed by atoms with E-state index in [0.717, 1.165) is 28.4 Å². The fourth-order valence-corrected chi connectivity index (χ4v) is 3.21. The summed E-state index contributed by atoms with van der Waals surface area (Å²) in [6.07, 6.45) is 2.83. The van der Waals surface area contributed by atoms with Crippen molar-refractivity contribution >= 4 is 17.1 Å². The first kappa shape index (κ1) is 14.2. The molecule has 21 heavy (non-hydrogen) atoms. The number of para-hydroxylation sites is 1. The minimum absolute atomic E-state index is 0.0793. The Morgan fingerprint density at radius 3 is 2.86 bits per heavy atom. The summed E-state index contributed by atoms with van der Waals surface area (Å²) >= 11 is 1.44. The number of hydrogen-bond donors (Lipinski definition) is 0. The van der Waals surface area contributed by atoms with Crippen LogP contribution in [0.25, 0.3) is 0 Å². The van der Waals surface area contributed by atoms with Crippen LogP contribution in [0.1, 0.15) is 46.1 Å². The first-order valence-electron chi connectivity index (χ1n) is 7.03. The summed E-state index contributed by atoms with van der Waals surface area (Å²) < 4.78 is 18.9. The number of carbonyl (C=O) groups excluding carboxylic acids is 1. The average molecular weight is 305 g/mol. The highest BCUT2D eigenvalue weighted by atomic mass is 32.1. The van der Waals surface area contributed by atoms with Crippen LogP contribution in [-0.4, -0.2) is 17.4 Å². The number of halogens is 1. The predicted octanol–water partition coefficient (Wildman–Crippen LogP) is 3.98. The summed E-state index contributed by atoms with van der Waals surface area (Å²) in [6, 6.07) is 6.34. The summed E-state index contributed by atoms with van der Waals surface area (Å²) in [6.45, 7) is 1.94. The molecule has 0 atom stereocenters. The number of rotatable bonds is 6. The number of hydrogen-bond acceptors (Lipinski definition) is 4. The lowest BCUT2D eigenvalue weighted by Gasteiger charge is -2.05. The SMILES string of the molecule is CC(=O)c1sc(CCOc2ccccc2F)nc1C1CC1. The number of Topliss-reactive ketones (excluding diaryl/α,β-unsaturated/α-hetero) is 1. The molecular formula is C16H16FNO2S. The maximum Gasteiger partial charge on any atom is 0.171 e. The van der Waals surface area contributed by atoms with Gasteiger partial charge in [-0.1, -0.05) is 12.1 Å². The van der Waals surface area contributed by atoms with Gasteiger partial charge in [0.1, 0.15) is 0 Å². The molecular weight excluding hydrogens is 289 g/mol. The van der Waals surface area contributed by atoms with Crippen molar-refractivity contribution in [1.82, 2.24) is 4.98 Å². The van der Waals surface area contributed by atoms with Crippen molar-refractivity contribution in [3.05, 3.63) is 45.7 Å². The fraction of sp³-hybridized carbons (Fsp3) is 0.375. The summed E-state index contributed by atoms with van der Waals surface area (Å²) in [5, 5.41) is 0.887. The van der Waals surface area contributed by atoms with Gasteiger partial charge in [-0.15, -0.1) is 11.3 Å². The number of benzene rings is 1. The first-order chi connectivity index (χ1) is 10.1. The van der Waals surface area contributed by atoms with Crippen molar-refractivity contribution in [3.8, 4) is 5.75 Å². The van der Waals surface area contributed by atoms with Gasteiger partial charge in [0.15, 0.2) is 17.3 Å². The second-order valence-corrected chi connectivity index (χ2v) is 6.26. The standard InChI is InChI=1S/C16H16FNO2S/c1-10(19)16-15(11-6-7-11)18-14(21-16)8-9-20-13-5-3-2-4-12(13)17/h2-5,11H,6-9H2,1H3. The van der Waals surface area contributed by atoms with E-state index in [2.05, 4.69) is 4.98 Å². The average Bonchev–Trinajstić information content (AvgIpc) is 3.21. The topological polar surface area (TPSA) is 39.2 Å². The molecule has 1 saturated carbocycles. The lowest BCUT2D eigenvalue weighted by molar-refractivity contribution is 0.102. The minimum Gasteiger partial charge on any atom is -0.490 e. The lowest BCUT2D eigenvalue weighted by Crippen LogP contribution is -2.02. The zero-order chi connectivity index (χ0) is 14.8. The van der Waals surface area contributed by atoms with E-state index in [-0.39, 0.29) is 17.3 Å². The van der Waals surface area contributed by atoms with E-state index in [1.807, 2.05) is 0 Å². The number of thiazole rings is 1. The van der Waals surface area contributed by atoms with Gasteiger partial charge in [-0.25, -0.2) is 9.37 Å². The normalized spacial score (nSPS) is 14.2. The van der Waals surface area contributed by atoms with E-state index < -0.39 is 0 Å². The van der Waals surface area contributed by atoms with Crippen molar-refractivity contribution in [1.29, 1.82) is 0 Å². The van der Waals surface area contributed by atoms with E-state index in [4.69, 9.17) is 4.74 Å². The second-order valence-electron chi connectivity index (χ2n) is 5.18. The van der Waals surface area contributed by atoms with Gasteiger partial charge in [0, 0.05) is 19.3 Å². The molecule has 1 heterocycles. The molecule has 2 aromatic rings. The molecule has 3 rings (SSSR count). The Morgan fingerprint density at radius 2 is 2.19 bits per heavy atom. The van der Waals surface area contributed by atoms with Gasteiger partial charge >= 0.3 is 0 Å². The molecule has 1 aliphatic carbocycles. The molecule has 1 fully saturated rings. The van der Waals surface area contributed by atoms with Crippen LogP contribution in [0.15, 0.2) is 24.3 Å². The second kappa shape index (κ2) is 5.93. The van der Waals surface area contributed by atoms with Gasteiger partial charge in [-0.05, 0) is 25.0 Å². The molecule has 0 saturated heterocycles. The van der Waals surface area contributed by atoms with E-state index >= 15 is 0 Å². The van der Waals surface area contributed by atoms with Crippen LogP contribution < -0.4 is 4.74 Å². The largest absolute Gasteiger partial charge is 0.490 e. The third kappa shape index (κ3) is 3.29. The molecule has 0 radical (unpaired) electrons. The molecule has 1 aliphatic rings. The lowest BCUT2D eigenvalue weighted by atomic mass is 10.2. The molecule has 0 spiro atoms. The molecule has 3 nitrogen and oxygen atoms in total. The third-order valence-corrected chi connectivity index (χ3v) is 4.62. The number of aromatic nitrogens is 1. The van der Waals surface area contributed by atoms with Gasteiger partial charge in [-0.2, -0.15) is 0 Å². The zero-order valence-electron chi connectivity index (χ0n) is 11.8. The van der Waals surface area contributed by atoms with Crippen molar-refractivity contribution in [2.45, 2.75) is 32.1 Å². The van der Waals surface area contributed by atoms with Crippen molar-refractivity contribution in [2.75, 3.05) is 6.61 Å². The van der Waals surface area contributed by atoms with Crippen LogP contribution in [-0.2, 0) is 6.42 Å². The molecule has 0 aliphatic heterocycles. The molecule has 0 N–H and O–H groups in total. The Labute approximate surface area is 126 Å². The monoisotopic (exact) mass is 305 g/mol. The van der Waals surface area contributed by atoms with Crippen LogP contribution >= 0.6 is 11.3 Å². The van der Waals surface area contributed by atoms with E-state index in [9.17, 15) is 9.18 Å². The van der Waals surface area contributed by atoms with Crippen LogP contribution in [0.3, 0.4) is 0 Å². The molecule has 0 unspecified atom stereocenters. The van der Waals surface area contributed by atoms with E-state index in [1.54, 1.807) is 25.1 Å². The zero-order valence-corrected chi connectivity index (χ0v) is 12.6. The van der Waals surface area contributed by atoms with Crippen LogP contribution in [0.5, 0.6) is 5.75 Å². The van der Waals surface area contributed by atoms with Crippen molar-refractivity contribution < 1.29 is 13.9 Å². The predicted molar refractivity (Wildman–Crippen MR) is 79.7 cm³/mol. The van der Waals surface area contributed by atoms with Crippen LogP contribution in [0.2, 0.25) is 0 Å². The van der Waals surface area contributed by atoms with Crippen molar-refractivity contribution in [2.24, 2.45) is 0 Å². The maximum absolute atomic E-state index is 13.4. The summed E-state index contributed by atoms with van der Waals surface area (Å²) in [7, 11) is 0. The van der Waals surface area contributed by atoms with E-state index in [1.165, 1.54) is 17.4 Å². The van der Waals surface area contributed by atoms with Crippen LogP contribution in [0.4, 0.5) is 4.39 Å². The smallest absolute Gasteiger partial charge is 0.171 e. The molecule has 5 heteroatoms. The Hall–Kier alpha value is -1.75. The summed E-state index contributed by atoms with van der Waals surface area (Å²) in [5.41, 5.74) is 0.952. The molecule has 1 aromatic heterocycles. The Kier molecular flexibility index (Phi) is 4.01. The Morgan fingerprint density at radius 1 is 1.43 bits per heavy atom. The van der Waals surface area contributed by atoms with Gasteiger partial charge in [0.25, 0.3) is 0 Å². The van der Waals surface area contributed by atoms with Gasteiger partial charge < -0.3 is 4.74 Å². The highest BCUT2D eigenvalue weighted by molar-refractivity contribution is 7.13. The fourth-order valence-electron chi connectivity index (χ4n) is 2.18. The van der Waals surface area contributed by atoms with Gasteiger partial charge in [-0.3, -0.25) is 4.79 Å². The first-order valence-corrected chi connectivity index (χ1v) is 7.84. The molecule has 110 valence electrons. The van der Waals surface area contributed by atoms with Crippen molar-refractivity contribution in [3.63, 3.8) is 0 Å². The number of carbonyl (C=O) groups is 1.